The minimum atomic E-state index is -5.29. The number of nitrogens with one attached hydrogen (secondary N) is 1. The van der Waals surface area contributed by atoms with Crippen molar-refractivity contribution in [1.82, 2.24) is 9.55 Å². The van der Waals surface area contributed by atoms with Gasteiger partial charge in [0.1, 0.15) is 5.02 Å². The van der Waals surface area contributed by atoms with Crippen LogP contribution in [-0.4, -0.2) is 9.55 Å². The minimum absolute atomic E-state index is 0.0478. The summed E-state index contributed by atoms with van der Waals surface area (Å²) >= 11 is 5.52. The van der Waals surface area contributed by atoms with Crippen molar-refractivity contribution < 1.29 is 39.5 Å². The summed E-state index contributed by atoms with van der Waals surface area (Å²) in [4.78, 5) is 15.7. The van der Waals surface area contributed by atoms with E-state index in [4.69, 9.17) is 11.6 Å². The second-order valence-electron chi connectivity index (χ2n) is 6.45. The Labute approximate surface area is 183 Å². The van der Waals surface area contributed by atoms with Crippen LogP contribution in [-0.2, 0) is 18.5 Å². The third kappa shape index (κ3) is 5.07. The molecule has 176 valence electrons. The number of rotatable bonds is 3. The zero-order valence-corrected chi connectivity index (χ0v) is 16.5. The van der Waals surface area contributed by atoms with Crippen LogP contribution >= 0.6 is 11.6 Å². The highest BCUT2D eigenvalue weighted by Gasteiger charge is 2.40. The lowest BCUT2D eigenvalue weighted by molar-refractivity contribution is -0.141. The molecule has 0 amide bonds. The van der Waals surface area contributed by atoms with Crippen LogP contribution in [0.4, 0.5) is 51.1 Å². The summed E-state index contributed by atoms with van der Waals surface area (Å²) in [6, 6.07) is 6.89. The largest absolute Gasteiger partial charge is 0.435 e. The number of nitrogens with zero attached hydrogens (tertiary/aromatic N) is 2. The van der Waals surface area contributed by atoms with E-state index in [0.717, 1.165) is 0 Å². The lowest BCUT2D eigenvalue weighted by atomic mass is 10.1. The molecule has 4 nitrogen and oxygen atoms in total. The number of hydrogen-bond donors (Lipinski definition) is 1. The van der Waals surface area contributed by atoms with Crippen molar-refractivity contribution in [3.05, 3.63) is 80.7 Å². The number of anilines is 2. The summed E-state index contributed by atoms with van der Waals surface area (Å²) in [5, 5.41) is 0.435. The van der Waals surface area contributed by atoms with Gasteiger partial charge in [-0.15, -0.1) is 0 Å². The van der Waals surface area contributed by atoms with E-state index < -0.39 is 57.6 Å². The first-order chi connectivity index (χ1) is 15.1. The van der Waals surface area contributed by atoms with E-state index in [0.29, 0.717) is 4.57 Å². The first kappa shape index (κ1) is 24.4. The van der Waals surface area contributed by atoms with Gasteiger partial charge in [-0.1, -0.05) is 29.8 Å². The Bertz CT molecular complexity index is 1230. The fourth-order valence-electron chi connectivity index (χ4n) is 2.78. The molecule has 0 aliphatic heterocycles. The van der Waals surface area contributed by atoms with Gasteiger partial charge >= 0.3 is 18.5 Å². The zero-order valence-electron chi connectivity index (χ0n) is 15.7. The lowest BCUT2D eigenvalue weighted by Gasteiger charge is -2.20. The minimum Gasteiger partial charge on any atom is -0.325 e. The van der Waals surface area contributed by atoms with E-state index in [2.05, 4.69) is 4.98 Å². The topological polar surface area (TPSA) is 46.9 Å². The van der Waals surface area contributed by atoms with E-state index in [1.807, 2.05) is 5.32 Å². The molecule has 14 heteroatoms. The van der Waals surface area contributed by atoms with E-state index in [-0.39, 0.29) is 23.9 Å². The van der Waals surface area contributed by atoms with Crippen molar-refractivity contribution in [3.8, 4) is 5.69 Å². The molecule has 33 heavy (non-hydrogen) atoms. The van der Waals surface area contributed by atoms with Crippen LogP contribution in [0.3, 0.4) is 0 Å². The first-order valence-electron chi connectivity index (χ1n) is 8.61. The lowest BCUT2D eigenvalue weighted by Crippen LogP contribution is -2.28. The molecule has 0 fully saturated rings. The van der Waals surface area contributed by atoms with Gasteiger partial charge in [0.15, 0.2) is 5.69 Å². The predicted octanol–water partition coefficient (Wildman–Crippen LogP) is 6.69. The standard InChI is InChI=1S/C19H9ClF9N3O/c20-13-14(19(27,28)29)31-16(32(15(13)33)10-4-2-1-3-5-10)30-12-8-9(17(21,22)23)6-7-11(12)18(24,25)26/h1-8H,(H,30,31). The Kier molecular flexibility index (Phi) is 6.13. The second-order valence-corrected chi connectivity index (χ2v) is 6.83. The molecule has 0 bridgehead atoms. The van der Waals surface area contributed by atoms with Crippen molar-refractivity contribution in [2.24, 2.45) is 0 Å². The maximum absolute atomic E-state index is 13.4. The van der Waals surface area contributed by atoms with Gasteiger partial charge in [0.05, 0.1) is 22.5 Å². The van der Waals surface area contributed by atoms with E-state index in [1.54, 1.807) is 0 Å². The number of hydrogen-bond acceptors (Lipinski definition) is 3. The molecule has 0 saturated heterocycles. The van der Waals surface area contributed by atoms with Crippen molar-refractivity contribution in [2.45, 2.75) is 18.5 Å². The number of halogens is 10. The Morgan fingerprint density at radius 2 is 1.42 bits per heavy atom. The Morgan fingerprint density at radius 3 is 1.94 bits per heavy atom. The normalized spacial score (nSPS) is 12.7. The molecule has 0 spiro atoms. The van der Waals surface area contributed by atoms with Crippen molar-refractivity contribution in [2.75, 3.05) is 5.32 Å². The number of alkyl halides is 9. The van der Waals surface area contributed by atoms with E-state index >= 15 is 0 Å². The summed E-state index contributed by atoms with van der Waals surface area (Å²) in [5.74, 6) is -1.13. The molecule has 0 atom stereocenters. The van der Waals surface area contributed by atoms with Gasteiger partial charge in [-0.25, -0.2) is 9.55 Å². The number of aromatic nitrogens is 2. The molecule has 0 aliphatic carbocycles. The van der Waals surface area contributed by atoms with Gasteiger partial charge in [0, 0.05) is 0 Å². The van der Waals surface area contributed by atoms with Crippen LogP contribution in [0.15, 0.2) is 53.3 Å². The Hall–Kier alpha value is -3.22. The van der Waals surface area contributed by atoms with Crippen molar-refractivity contribution in [1.29, 1.82) is 0 Å². The summed E-state index contributed by atoms with van der Waals surface area (Å²) in [5.41, 5.74) is -8.01. The van der Waals surface area contributed by atoms with Crippen molar-refractivity contribution >= 4 is 23.2 Å². The predicted molar refractivity (Wildman–Crippen MR) is 99.6 cm³/mol. The van der Waals surface area contributed by atoms with Crippen LogP contribution in [0.2, 0.25) is 5.02 Å². The van der Waals surface area contributed by atoms with Gasteiger partial charge in [0.25, 0.3) is 5.56 Å². The molecule has 0 unspecified atom stereocenters. The highest BCUT2D eigenvalue weighted by molar-refractivity contribution is 6.31. The van der Waals surface area contributed by atoms with E-state index in [9.17, 15) is 44.3 Å². The monoisotopic (exact) mass is 501 g/mol. The molecule has 0 aliphatic rings. The van der Waals surface area contributed by atoms with Gasteiger partial charge in [-0.05, 0) is 30.3 Å². The smallest absolute Gasteiger partial charge is 0.325 e. The van der Waals surface area contributed by atoms with Crippen LogP contribution in [0, 0.1) is 0 Å². The maximum Gasteiger partial charge on any atom is 0.435 e. The number of benzene rings is 2. The molecular weight excluding hydrogens is 493 g/mol. The fourth-order valence-corrected chi connectivity index (χ4v) is 3.01. The molecule has 0 saturated carbocycles. The molecule has 3 rings (SSSR count). The highest BCUT2D eigenvalue weighted by Crippen LogP contribution is 2.40. The molecular formula is C19H9ClF9N3O. The van der Waals surface area contributed by atoms with Gasteiger partial charge in [-0.3, -0.25) is 4.79 Å². The average Bonchev–Trinajstić information content (AvgIpc) is 2.69. The second kappa shape index (κ2) is 8.28. The molecule has 0 radical (unpaired) electrons. The van der Waals surface area contributed by atoms with Crippen molar-refractivity contribution in [3.63, 3.8) is 0 Å². The third-order valence-electron chi connectivity index (χ3n) is 4.21. The molecule has 1 N–H and O–H groups in total. The number of para-hydroxylation sites is 1. The molecule has 3 aromatic rings. The summed E-state index contributed by atoms with van der Waals surface area (Å²) < 4.78 is 120. The SMILES string of the molecule is O=c1c(Cl)c(C(F)(F)F)nc(Nc2cc(C(F)(F)F)ccc2C(F)(F)F)n1-c1ccccc1. The zero-order chi connectivity index (χ0) is 24.8. The first-order valence-corrected chi connectivity index (χ1v) is 8.99. The van der Waals surface area contributed by atoms with Crippen LogP contribution in [0.25, 0.3) is 5.69 Å². The van der Waals surface area contributed by atoms with Crippen LogP contribution < -0.4 is 10.9 Å². The Balaban J connectivity index is 2.33. The van der Waals surface area contributed by atoms with Gasteiger partial charge in [-0.2, -0.15) is 39.5 Å². The fraction of sp³-hybridized carbons (Fsp3) is 0.158. The molecule has 1 aromatic heterocycles. The summed E-state index contributed by atoms with van der Waals surface area (Å²) in [6.45, 7) is 0. The molecule has 2 aromatic carbocycles. The van der Waals surface area contributed by atoms with Gasteiger partial charge < -0.3 is 5.32 Å². The Morgan fingerprint density at radius 1 is 0.818 bits per heavy atom. The van der Waals surface area contributed by atoms with Crippen LogP contribution in [0.5, 0.6) is 0 Å². The van der Waals surface area contributed by atoms with Gasteiger partial charge in [0.2, 0.25) is 5.95 Å². The maximum atomic E-state index is 13.4. The van der Waals surface area contributed by atoms with E-state index in [1.165, 1.54) is 30.3 Å². The summed E-state index contributed by atoms with van der Waals surface area (Å²) in [6.07, 6.45) is -15.5. The summed E-state index contributed by atoms with van der Waals surface area (Å²) in [7, 11) is 0. The quantitative estimate of drug-likeness (QED) is 0.407. The average molecular weight is 502 g/mol. The molecule has 1 heterocycles. The third-order valence-corrected chi connectivity index (χ3v) is 4.55. The highest BCUT2D eigenvalue weighted by atomic mass is 35.5. The van der Waals surface area contributed by atoms with Crippen LogP contribution in [0.1, 0.15) is 16.8 Å².